The first-order chi connectivity index (χ1) is 3.79. The van der Waals surface area contributed by atoms with Gasteiger partial charge in [-0.2, -0.15) is 0 Å². The predicted octanol–water partition coefficient (Wildman–Crippen LogP) is 2.84. The smallest absolute Gasteiger partial charge is 0.0380 e. The van der Waals surface area contributed by atoms with E-state index in [9.17, 15) is 0 Å². The van der Waals surface area contributed by atoms with Gasteiger partial charge in [0.25, 0.3) is 0 Å². The molecule has 0 bridgehead atoms. The van der Waals surface area contributed by atoms with Gasteiger partial charge in [0.1, 0.15) is 0 Å². The summed E-state index contributed by atoms with van der Waals surface area (Å²) in [5.41, 5.74) is 0. The van der Waals surface area contributed by atoms with Crippen LogP contribution in [0.15, 0.2) is 22.2 Å². The molecule has 0 amide bonds. The lowest BCUT2D eigenvalue weighted by atomic mass is 10.2. The zero-order valence-corrected chi connectivity index (χ0v) is 5.71. The highest BCUT2D eigenvalue weighted by molar-refractivity contribution is 6.35. The van der Waals surface area contributed by atoms with Crippen molar-refractivity contribution >= 4 is 23.2 Å². The molecule has 0 saturated heterocycles. The fourth-order valence-corrected chi connectivity index (χ4v) is 1.02. The van der Waals surface area contributed by atoms with E-state index in [2.05, 4.69) is 0 Å². The Kier molecular flexibility index (Phi) is 1.98. The largest absolute Gasteiger partial charge is 0.0891 e. The molecule has 0 aromatic heterocycles. The monoisotopic (exact) mass is 147 g/mol. The molecule has 1 radical (unpaired) electrons. The number of hydrogen-bond donors (Lipinski definition) is 0. The van der Waals surface area contributed by atoms with E-state index < -0.39 is 0 Å². The van der Waals surface area contributed by atoms with Crippen molar-refractivity contribution in [3.63, 3.8) is 0 Å². The van der Waals surface area contributed by atoms with E-state index in [1.165, 1.54) is 0 Å². The third kappa shape index (κ3) is 1.53. The van der Waals surface area contributed by atoms with Gasteiger partial charge in [-0.3, -0.25) is 0 Å². The fraction of sp³-hybridized carbons (Fsp3) is 0.167. The van der Waals surface area contributed by atoms with E-state index in [-0.39, 0.29) is 0 Å². The van der Waals surface area contributed by atoms with Gasteiger partial charge in [0, 0.05) is 10.1 Å². The summed E-state index contributed by atoms with van der Waals surface area (Å²) < 4.78 is 0. The maximum Gasteiger partial charge on any atom is 0.0380 e. The summed E-state index contributed by atoms with van der Waals surface area (Å²) in [6, 6.07) is 0. The molecule has 1 aliphatic carbocycles. The van der Waals surface area contributed by atoms with E-state index in [0.717, 1.165) is 11.5 Å². The summed E-state index contributed by atoms with van der Waals surface area (Å²) in [6.07, 6.45) is 6.35. The predicted molar refractivity (Wildman–Crippen MR) is 36.8 cm³/mol. The van der Waals surface area contributed by atoms with Crippen molar-refractivity contribution in [3.05, 3.63) is 28.6 Å². The van der Waals surface area contributed by atoms with Crippen LogP contribution in [0.1, 0.15) is 6.42 Å². The van der Waals surface area contributed by atoms with Crippen LogP contribution >= 0.6 is 23.2 Å². The van der Waals surface area contributed by atoms with Crippen LogP contribution in [0.4, 0.5) is 0 Å². The standard InChI is InChI=1S/C6H5Cl2/c7-5-2-1-3-6(8)4-5/h1-2,4H,3H2. The average Bonchev–Trinajstić information content (AvgIpc) is 1.64. The van der Waals surface area contributed by atoms with Crippen LogP contribution < -0.4 is 0 Å². The second-order valence-electron chi connectivity index (χ2n) is 1.58. The third-order valence-electron chi connectivity index (χ3n) is 0.884. The topological polar surface area (TPSA) is 0 Å². The summed E-state index contributed by atoms with van der Waals surface area (Å²) in [4.78, 5) is 0. The lowest BCUT2D eigenvalue weighted by Crippen LogP contribution is -1.81. The Bertz CT molecular complexity index is 145. The number of rotatable bonds is 0. The zero-order valence-electron chi connectivity index (χ0n) is 4.20. The van der Waals surface area contributed by atoms with Gasteiger partial charge in [-0.1, -0.05) is 29.3 Å². The van der Waals surface area contributed by atoms with Gasteiger partial charge in [-0.05, 0) is 18.9 Å². The van der Waals surface area contributed by atoms with E-state index in [1.54, 1.807) is 6.08 Å². The van der Waals surface area contributed by atoms with Crippen molar-refractivity contribution in [2.75, 3.05) is 0 Å². The first-order valence-corrected chi connectivity index (χ1v) is 3.10. The Balaban J connectivity index is 2.69. The van der Waals surface area contributed by atoms with Crippen LogP contribution in [0.5, 0.6) is 0 Å². The third-order valence-corrected chi connectivity index (χ3v) is 1.38. The summed E-state index contributed by atoms with van der Waals surface area (Å²) in [6.45, 7) is 0. The highest BCUT2D eigenvalue weighted by Crippen LogP contribution is 2.20. The summed E-state index contributed by atoms with van der Waals surface area (Å²) in [5.74, 6) is 0. The van der Waals surface area contributed by atoms with Crippen molar-refractivity contribution in [3.8, 4) is 0 Å². The molecule has 0 aromatic carbocycles. The first kappa shape index (κ1) is 6.18. The lowest BCUT2D eigenvalue weighted by Gasteiger charge is -2.00. The van der Waals surface area contributed by atoms with Gasteiger partial charge < -0.3 is 0 Å². The SMILES string of the molecule is ClC1=C[CH]CC(Cl)=C1. The molecule has 0 fully saturated rings. The zero-order chi connectivity index (χ0) is 5.98. The average molecular weight is 148 g/mol. The summed E-state index contributed by atoms with van der Waals surface area (Å²) in [7, 11) is 0. The van der Waals surface area contributed by atoms with E-state index >= 15 is 0 Å². The molecule has 0 heterocycles. The maximum atomic E-state index is 5.62. The molecule has 8 heavy (non-hydrogen) atoms. The van der Waals surface area contributed by atoms with Crippen LogP contribution in [-0.2, 0) is 0 Å². The second-order valence-corrected chi connectivity index (χ2v) is 2.50. The van der Waals surface area contributed by atoms with Crippen LogP contribution in [0, 0.1) is 6.42 Å². The van der Waals surface area contributed by atoms with Crippen LogP contribution in [0.25, 0.3) is 0 Å². The summed E-state index contributed by atoms with van der Waals surface area (Å²) in [5, 5.41) is 1.51. The quantitative estimate of drug-likeness (QED) is 0.495. The molecule has 0 unspecified atom stereocenters. The first-order valence-electron chi connectivity index (χ1n) is 2.34. The van der Waals surface area contributed by atoms with Crippen LogP contribution in [-0.4, -0.2) is 0 Å². The molecule has 43 valence electrons. The van der Waals surface area contributed by atoms with Gasteiger partial charge in [0.15, 0.2) is 0 Å². The maximum absolute atomic E-state index is 5.62. The summed E-state index contributed by atoms with van der Waals surface area (Å²) >= 11 is 11.2. The van der Waals surface area contributed by atoms with Crippen molar-refractivity contribution in [1.29, 1.82) is 0 Å². The highest BCUT2D eigenvalue weighted by atomic mass is 35.5. The molecule has 2 heteroatoms. The Labute approximate surface area is 58.8 Å². The molecule has 0 spiro atoms. The van der Waals surface area contributed by atoms with Gasteiger partial charge in [0.2, 0.25) is 0 Å². The molecule has 0 nitrogen and oxygen atoms in total. The van der Waals surface area contributed by atoms with E-state index in [4.69, 9.17) is 23.2 Å². The van der Waals surface area contributed by atoms with Crippen molar-refractivity contribution in [2.24, 2.45) is 0 Å². The highest BCUT2D eigenvalue weighted by Gasteiger charge is 1.98. The van der Waals surface area contributed by atoms with Gasteiger partial charge in [-0.25, -0.2) is 0 Å². The molecule has 0 aliphatic heterocycles. The minimum absolute atomic E-state index is 0.709. The number of hydrogen-bond acceptors (Lipinski definition) is 0. The van der Waals surface area contributed by atoms with Crippen molar-refractivity contribution in [1.82, 2.24) is 0 Å². The van der Waals surface area contributed by atoms with Crippen LogP contribution in [0.2, 0.25) is 0 Å². The van der Waals surface area contributed by atoms with Gasteiger partial charge >= 0.3 is 0 Å². The van der Waals surface area contributed by atoms with Crippen molar-refractivity contribution in [2.45, 2.75) is 6.42 Å². The number of allylic oxidation sites excluding steroid dienone is 4. The second kappa shape index (κ2) is 2.56. The normalized spacial score (nSPS) is 19.8. The van der Waals surface area contributed by atoms with Crippen LogP contribution in [0.3, 0.4) is 0 Å². The van der Waals surface area contributed by atoms with E-state index in [0.29, 0.717) is 5.03 Å². The molecule has 0 N–H and O–H groups in total. The minimum atomic E-state index is 0.709. The number of halogens is 2. The molecule has 0 atom stereocenters. The van der Waals surface area contributed by atoms with Crippen molar-refractivity contribution < 1.29 is 0 Å². The molecular weight excluding hydrogens is 143 g/mol. The lowest BCUT2D eigenvalue weighted by molar-refractivity contribution is 1.23. The minimum Gasteiger partial charge on any atom is -0.0891 e. The fourth-order valence-electron chi connectivity index (χ4n) is 0.541. The van der Waals surface area contributed by atoms with Gasteiger partial charge in [-0.15, -0.1) is 0 Å². The molecule has 1 aliphatic rings. The Morgan fingerprint density at radius 1 is 1.38 bits per heavy atom. The Morgan fingerprint density at radius 2 is 2.12 bits per heavy atom. The molecular formula is C6H5Cl2. The molecule has 0 aromatic rings. The molecule has 1 rings (SSSR count). The van der Waals surface area contributed by atoms with E-state index in [1.807, 2.05) is 12.5 Å². The molecule has 0 saturated carbocycles. The Morgan fingerprint density at radius 3 is 2.50 bits per heavy atom. The Hall–Kier alpha value is 0.0600. The van der Waals surface area contributed by atoms with Gasteiger partial charge in [0.05, 0.1) is 0 Å².